The average molecular weight is 227 g/mol. The van der Waals surface area contributed by atoms with Gasteiger partial charge in [-0.05, 0) is 22.0 Å². The van der Waals surface area contributed by atoms with Crippen LogP contribution in [0.5, 0.6) is 0 Å². The van der Waals surface area contributed by atoms with E-state index >= 15 is 0 Å². The third kappa shape index (κ3) is 1.00. The van der Waals surface area contributed by atoms with Gasteiger partial charge in [0.2, 0.25) is 0 Å². The summed E-state index contributed by atoms with van der Waals surface area (Å²) in [7, 11) is 0. The molecule has 0 fully saturated rings. The molecule has 0 bridgehead atoms. The predicted molar refractivity (Wildman–Crippen MR) is 46.4 cm³/mol. The van der Waals surface area contributed by atoms with Crippen LogP contribution in [0, 0.1) is 4.91 Å². The van der Waals surface area contributed by atoms with Crippen LogP contribution in [-0.2, 0) is 0 Å². The zero-order valence-electron chi connectivity index (χ0n) is 5.81. The molecule has 2 aromatic rings. The summed E-state index contributed by atoms with van der Waals surface area (Å²) in [5.74, 6) is 0. The first-order valence-corrected chi connectivity index (χ1v) is 3.94. The van der Waals surface area contributed by atoms with Gasteiger partial charge in [0.15, 0.2) is 5.65 Å². The van der Waals surface area contributed by atoms with Gasteiger partial charge in [-0.1, -0.05) is 0 Å². The Morgan fingerprint density at radius 2 is 2.42 bits per heavy atom. The molecule has 6 heteroatoms. The van der Waals surface area contributed by atoms with Crippen LogP contribution < -0.4 is 0 Å². The fourth-order valence-corrected chi connectivity index (χ4v) is 1.23. The molecule has 0 spiro atoms. The average Bonchev–Trinajstić information content (AvgIpc) is 2.46. The van der Waals surface area contributed by atoms with E-state index in [-0.39, 0.29) is 0 Å². The van der Waals surface area contributed by atoms with Crippen molar-refractivity contribution < 1.29 is 0 Å². The SMILES string of the molecule is O=Nn1ccc2nc(Br)cnc21. The maximum Gasteiger partial charge on any atom is 0.182 e. The summed E-state index contributed by atoms with van der Waals surface area (Å²) < 4.78 is 1.77. The number of hydrogen-bond acceptors (Lipinski definition) is 4. The molecule has 0 amide bonds. The van der Waals surface area contributed by atoms with E-state index in [0.717, 1.165) is 4.68 Å². The molecule has 2 rings (SSSR count). The van der Waals surface area contributed by atoms with Gasteiger partial charge in [0, 0.05) is 6.20 Å². The van der Waals surface area contributed by atoms with Crippen molar-refractivity contribution in [1.29, 1.82) is 0 Å². The van der Waals surface area contributed by atoms with E-state index in [1.54, 1.807) is 6.07 Å². The summed E-state index contributed by atoms with van der Waals surface area (Å²) in [5, 5.41) is 2.74. The first-order valence-electron chi connectivity index (χ1n) is 3.14. The molecule has 0 radical (unpaired) electrons. The second-order valence-corrected chi connectivity index (χ2v) is 2.96. The van der Waals surface area contributed by atoms with Crippen molar-refractivity contribution in [3.8, 4) is 0 Å². The molecular formula is C6H3BrN4O. The first-order chi connectivity index (χ1) is 5.81. The zero-order valence-corrected chi connectivity index (χ0v) is 7.39. The van der Waals surface area contributed by atoms with Crippen LogP contribution in [0.4, 0.5) is 0 Å². The fraction of sp³-hybridized carbons (Fsp3) is 0. The van der Waals surface area contributed by atoms with E-state index in [1.807, 2.05) is 0 Å². The van der Waals surface area contributed by atoms with E-state index in [0.29, 0.717) is 15.8 Å². The number of nitrogens with zero attached hydrogens (tertiary/aromatic N) is 4. The van der Waals surface area contributed by atoms with Crippen molar-refractivity contribution in [1.82, 2.24) is 14.6 Å². The highest BCUT2D eigenvalue weighted by Crippen LogP contribution is 2.13. The molecule has 0 aliphatic carbocycles. The highest BCUT2D eigenvalue weighted by Gasteiger charge is 2.02. The third-order valence-electron chi connectivity index (χ3n) is 1.43. The number of nitroso groups, excluding NO2 is 1. The summed E-state index contributed by atoms with van der Waals surface area (Å²) in [5.41, 5.74) is 1.11. The summed E-state index contributed by atoms with van der Waals surface area (Å²) in [6.45, 7) is 0. The molecule has 12 heavy (non-hydrogen) atoms. The molecule has 0 saturated heterocycles. The number of hydrogen-bond donors (Lipinski definition) is 0. The monoisotopic (exact) mass is 226 g/mol. The minimum atomic E-state index is 0.466. The summed E-state index contributed by atoms with van der Waals surface area (Å²) >= 11 is 3.17. The Kier molecular flexibility index (Phi) is 1.61. The lowest BCUT2D eigenvalue weighted by Crippen LogP contribution is -1.87. The van der Waals surface area contributed by atoms with Gasteiger partial charge in [0.05, 0.1) is 11.5 Å². The molecule has 5 nitrogen and oxygen atoms in total. The van der Waals surface area contributed by atoms with Gasteiger partial charge in [-0.15, -0.1) is 4.91 Å². The van der Waals surface area contributed by atoms with Crippen molar-refractivity contribution in [3.05, 3.63) is 28.0 Å². The molecule has 0 unspecified atom stereocenters. The molecule has 0 aliphatic rings. The van der Waals surface area contributed by atoms with Crippen LogP contribution in [-0.4, -0.2) is 14.6 Å². The lowest BCUT2D eigenvalue weighted by atomic mass is 10.5. The van der Waals surface area contributed by atoms with Crippen LogP contribution in [0.15, 0.2) is 28.3 Å². The number of rotatable bonds is 1. The van der Waals surface area contributed by atoms with Crippen LogP contribution in [0.3, 0.4) is 0 Å². The minimum absolute atomic E-state index is 0.466. The molecule has 0 aliphatic heterocycles. The zero-order chi connectivity index (χ0) is 8.55. The van der Waals surface area contributed by atoms with Crippen LogP contribution >= 0.6 is 15.9 Å². The van der Waals surface area contributed by atoms with E-state index in [4.69, 9.17) is 0 Å². The largest absolute Gasteiger partial charge is 0.236 e. The maximum absolute atomic E-state index is 10.2. The topological polar surface area (TPSA) is 60.1 Å². The van der Waals surface area contributed by atoms with Crippen LogP contribution in [0.2, 0.25) is 0 Å². The number of fused-ring (bicyclic) bond motifs is 1. The quantitative estimate of drug-likeness (QED) is 0.696. The van der Waals surface area contributed by atoms with E-state index in [2.05, 4.69) is 31.2 Å². The van der Waals surface area contributed by atoms with Crippen LogP contribution in [0.1, 0.15) is 0 Å². The Morgan fingerprint density at radius 3 is 3.17 bits per heavy atom. The standard InChI is InChI=1S/C6H3BrN4O/c7-5-3-8-6-4(9-5)1-2-11(6)10-12/h1-3H. The molecular weight excluding hydrogens is 224 g/mol. The van der Waals surface area contributed by atoms with Gasteiger partial charge in [0.25, 0.3) is 0 Å². The van der Waals surface area contributed by atoms with Crippen molar-refractivity contribution in [2.75, 3.05) is 0 Å². The molecule has 0 saturated carbocycles. The highest BCUT2D eigenvalue weighted by atomic mass is 79.9. The van der Waals surface area contributed by atoms with Gasteiger partial charge in [-0.2, -0.15) is 4.68 Å². The minimum Gasteiger partial charge on any atom is -0.236 e. The first kappa shape index (κ1) is 7.35. The molecule has 0 N–H and O–H groups in total. The van der Waals surface area contributed by atoms with Gasteiger partial charge in [-0.3, -0.25) is 0 Å². The Balaban J connectivity index is 2.81. The smallest absolute Gasteiger partial charge is 0.182 e. The van der Waals surface area contributed by atoms with Crippen molar-refractivity contribution in [3.63, 3.8) is 0 Å². The summed E-state index contributed by atoms with van der Waals surface area (Å²) in [6, 6.07) is 1.68. The van der Waals surface area contributed by atoms with E-state index < -0.39 is 0 Å². The van der Waals surface area contributed by atoms with Gasteiger partial charge in [-0.25, -0.2) is 9.97 Å². The summed E-state index contributed by atoms with van der Waals surface area (Å²) in [6.07, 6.45) is 3.04. The lowest BCUT2D eigenvalue weighted by molar-refractivity contribution is 0.894. The van der Waals surface area contributed by atoms with E-state index in [1.165, 1.54) is 12.4 Å². The van der Waals surface area contributed by atoms with Gasteiger partial charge >= 0.3 is 0 Å². The van der Waals surface area contributed by atoms with Gasteiger partial charge in [0.1, 0.15) is 10.1 Å². The Hall–Kier alpha value is -1.30. The van der Waals surface area contributed by atoms with Crippen molar-refractivity contribution in [2.45, 2.75) is 0 Å². The highest BCUT2D eigenvalue weighted by molar-refractivity contribution is 9.10. The Morgan fingerprint density at radius 1 is 1.58 bits per heavy atom. The molecule has 0 atom stereocenters. The molecule has 60 valence electrons. The fourth-order valence-electron chi connectivity index (χ4n) is 0.940. The number of halogens is 1. The molecule has 2 heterocycles. The maximum atomic E-state index is 10.2. The lowest BCUT2D eigenvalue weighted by Gasteiger charge is -1.91. The van der Waals surface area contributed by atoms with Crippen LogP contribution in [0.25, 0.3) is 11.2 Å². The third-order valence-corrected chi connectivity index (χ3v) is 1.81. The Labute approximate surface area is 75.5 Å². The number of aromatic nitrogens is 3. The second kappa shape index (κ2) is 2.63. The van der Waals surface area contributed by atoms with Crippen molar-refractivity contribution in [2.24, 2.45) is 5.29 Å². The molecule has 0 aromatic carbocycles. The van der Waals surface area contributed by atoms with E-state index in [9.17, 15) is 4.91 Å². The predicted octanol–water partition coefficient (Wildman–Crippen LogP) is 1.72. The molecule has 2 aromatic heterocycles. The van der Waals surface area contributed by atoms with Gasteiger partial charge < -0.3 is 0 Å². The second-order valence-electron chi connectivity index (χ2n) is 2.14. The Bertz CT molecular complexity index is 438. The normalized spacial score (nSPS) is 10.4. The summed E-state index contributed by atoms with van der Waals surface area (Å²) in [4.78, 5) is 18.3. The van der Waals surface area contributed by atoms with Crippen molar-refractivity contribution >= 4 is 27.1 Å².